The lowest BCUT2D eigenvalue weighted by molar-refractivity contribution is 0.0928. The second-order valence-electron chi connectivity index (χ2n) is 10.5. The molecule has 2 N–H and O–H groups in total. The van der Waals surface area contributed by atoms with Gasteiger partial charge in [-0.05, 0) is 73.4 Å². The number of carbonyl (C=O) groups excluding carboxylic acids is 1. The van der Waals surface area contributed by atoms with Crippen LogP contribution in [0, 0.1) is 11.3 Å². The van der Waals surface area contributed by atoms with Crippen LogP contribution in [0.5, 0.6) is 0 Å². The molecule has 0 radical (unpaired) electrons. The Labute approximate surface area is 181 Å². The number of hydrogen-bond acceptors (Lipinski definition) is 3. The third-order valence-electron chi connectivity index (χ3n) is 7.23. The summed E-state index contributed by atoms with van der Waals surface area (Å²) in [6.07, 6.45) is 12.8. The molecule has 0 saturated heterocycles. The Hall–Kier alpha value is -2.10. The average Bonchev–Trinajstić information content (AvgIpc) is 2.74. The zero-order valence-corrected chi connectivity index (χ0v) is 18.8. The van der Waals surface area contributed by atoms with Crippen LogP contribution in [0.15, 0.2) is 30.5 Å². The van der Waals surface area contributed by atoms with Gasteiger partial charge in [-0.3, -0.25) is 4.79 Å². The first-order valence-corrected chi connectivity index (χ1v) is 11.9. The van der Waals surface area contributed by atoms with Crippen LogP contribution in [-0.4, -0.2) is 23.0 Å². The number of benzene rings is 1. The summed E-state index contributed by atoms with van der Waals surface area (Å²) in [5.41, 5.74) is 1.15. The van der Waals surface area contributed by atoms with Crippen molar-refractivity contribution in [2.45, 2.75) is 90.6 Å². The number of rotatable bonds is 4. The zero-order valence-electron chi connectivity index (χ0n) is 18.8. The Kier molecular flexibility index (Phi) is 6.31. The van der Waals surface area contributed by atoms with Gasteiger partial charge in [-0.1, -0.05) is 46.1 Å². The summed E-state index contributed by atoms with van der Waals surface area (Å²) in [4.78, 5) is 17.4. The molecule has 2 aromatic rings. The molecule has 4 rings (SSSR count). The summed E-state index contributed by atoms with van der Waals surface area (Å²) in [5.74, 6) is 1.78. The maximum atomic E-state index is 12.7. The van der Waals surface area contributed by atoms with Crippen molar-refractivity contribution in [3.8, 4) is 0 Å². The number of aromatic nitrogens is 1. The number of carbonyl (C=O) groups is 1. The van der Waals surface area contributed by atoms with Crippen LogP contribution >= 0.6 is 0 Å². The van der Waals surface area contributed by atoms with E-state index in [0.717, 1.165) is 40.9 Å². The van der Waals surface area contributed by atoms with Crippen LogP contribution < -0.4 is 10.6 Å². The molecule has 2 aliphatic rings. The van der Waals surface area contributed by atoms with Crippen molar-refractivity contribution in [1.82, 2.24) is 10.3 Å². The molecule has 2 aliphatic carbocycles. The highest BCUT2D eigenvalue weighted by Crippen LogP contribution is 2.38. The Morgan fingerprint density at radius 2 is 1.63 bits per heavy atom. The second-order valence-corrected chi connectivity index (χ2v) is 10.5. The molecule has 0 aliphatic heterocycles. The van der Waals surface area contributed by atoms with Crippen molar-refractivity contribution in [2.24, 2.45) is 11.3 Å². The number of pyridine rings is 1. The molecule has 4 heteroatoms. The van der Waals surface area contributed by atoms with Gasteiger partial charge in [0, 0.05) is 29.2 Å². The fourth-order valence-electron chi connectivity index (χ4n) is 5.19. The Balaban J connectivity index is 1.41. The highest BCUT2D eigenvalue weighted by molar-refractivity contribution is 5.99. The van der Waals surface area contributed by atoms with Gasteiger partial charge in [0.15, 0.2) is 0 Å². The van der Waals surface area contributed by atoms with Crippen molar-refractivity contribution >= 4 is 22.5 Å². The lowest BCUT2D eigenvalue weighted by Gasteiger charge is -2.37. The van der Waals surface area contributed by atoms with Gasteiger partial charge in [-0.2, -0.15) is 0 Å². The quantitative estimate of drug-likeness (QED) is 0.624. The fourth-order valence-corrected chi connectivity index (χ4v) is 5.19. The van der Waals surface area contributed by atoms with Crippen LogP contribution in [0.1, 0.15) is 88.9 Å². The minimum absolute atomic E-state index is 0.0515. The first kappa shape index (κ1) is 21.1. The Bertz CT molecular complexity index is 871. The molecule has 0 bridgehead atoms. The number of nitrogens with zero attached hydrogens (tertiary/aromatic N) is 1. The lowest BCUT2D eigenvalue weighted by Crippen LogP contribution is -2.36. The largest absolute Gasteiger partial charge is 0.367 e. The van der Waals surface area contributed by atoms with Crippen molar-refractivity contribution in [3.63, 3.8) is 0 Å². The minimum atomic E-state index is 0.0515. The predicted molar refractivity (Wildman–Crippen MR) is 125 cm³/mol. The molecule has 0 atom stereocenters. The summed E-state index contributed by atoms with van der Waals surface area (Å²) in [7, 11) is 0. The van der Waals surface area contributed by atoms with Gasteiger partial charge in [0.1, 0.15) is 5.82 Å². The van der Waals surface area contributed by atoms with Crippen molar-refractivity contribution in [3.05, 3.63) is 36.0 Å². The van der Waals surface area contributed by atoms with E-state index in [-0.39, 0.29) is 5.91 Å². The first-order chi connectivity index (χ1) is 14.4. The highest BCUT2D eigenvalue weighted by Gasteiger charge is 2.29. The van der Waals surface area contributed by atoms with Gasteiger partial charge in [0.25, 0.3) is 5.91 Å². The Morgan fingerprint density at radius 1 is 0.900 bits per heavy atom. The van der Waals surface area contributed by atoms with Crippen LogP contribution in [0.2, 0.25) is 0 Å². The number of anilines is 1. The molecule has 1 heterocycles. The van der Waals surface area contributed by atoms with Crippen LogP contribution in [0.4, 0.5) is 5.82 Å². The maximum absolute atomic E-state index is 12.7. The van der Waals surface area contributed by atoms with Crippen molar-refractivity contribution in [2.75, 3.05) is 5.32 Å². The molecule has 162 valence electrons. The SMILES string of the molecule is CC(C)(C)[C@H]1CC[C@H](Nc2cc3cc(C(=O)NC4CCCCC4)ccc3cn2)CC1. The summed E-state index contributed by atoms with van der Waals surface area (Å²) in [6, 6.07) is 8.87. The normalized spacial score (nSPS) is 23.3. The van der Waals surface area contributed by atoms with E-state index in [2.05, 4.69) is 42.5 Å². The van der Waals surface area contributed by atoms with Gasteiger partial charge in [0.05, 0.1) is 0 Å². The summed E-state index contributed by atoms with van der Waals surface area (Å²) < 4.78 is 0. The second kappa shape index (κ2) is 8.95. The monoisotopic (exact) mass is 407 g/mol. The van der Waals surface area contributed by atoms with Gasteiger partial charge >= 0.3 is 0 Å². The maximum Gasteiger partial charge on any atom is 0.251 e. The van der Waals surface area contributed by atoms with E-state index in [4.69, 9.17) is 0 Å². The lowest BCUT2D eigenvalue weighted by atomic mass is 9.71. The summed E-state index contributed by atoms with van der Waals surface area (Å²) in [6.45, 7) is 7.08. The smallest absolute Gasteiger partial charge is 0.251 e. The molecule has 4 nitrogen and oxygen atoms in total. The fraction of sp³-hybridized carbons (Fsp3) is 0.615. The van der Waals surface area contributed by atoms with Gasteiger partial charge in [0.2, 0.25) is 0 Å². The Morgan fingerprint density at radius 3 is 2.33 bits per heavy atom. The van der Waals surface area contributed by atoms with E-state index >= 15 is 0 Å². The van der Waals surface area contributed by atoms with E-state index in [1.807, 2.05) is 24.4 Å². The first-order valence-electron chi connectivity index (χ1n) is 11.9. The molecular formula is C26H37N3O. The molecule has 2 fully saturated rings. The molecule has 30 heavy (non-hydrogen) atoms. The predicted octanol–water partition coefficient (Wildman–Crippen LogP) is 6.31. The molecule has 0 unspecified atom stereocenters. The van der Waals surface area contributed by atoms with E-state index < -0.39 is 0 Å². The molecule has 1 aromatic heterocycles. The van der Waals surface area contributed by atoms with Crippen LogP contribution in [0.3, 0.4) is 0 Å². The van der Waals surface area contributed by atoms with E-state index in [1.165, 1.54) is 44.9 Å². The van der Waals surface area contributed by atoms with Crippen molar-refractivity contribution < 1.29 is 4.79 Å². The zero-order chi connectivity index (χ0) is 21.1. The number of nitrogens with one attached hydrogen (secondary N) is 2. The topological polar surface area (TPSA) is 54.0 Å². The van der Waals surface area contributed by atoms with Gasteiger partial charge in [-0.25, -0.2) is 4.98 Å². The van der Waals surface area contributed by atoms with E-state index in [1.54, 1.807) is 0 Å². The molecule has 0 spiro atoms. The summed E-state index contributed by atoms with van der Waals surface area (Å²) in [5, 5.41) is 9.03. The summed E-state index contributed by atoms with van der Waals surface area (Å²) >= 11 is 0. The van der Waals surface area contributed by atoms with Crippen LogP contribution in [-0.2, 0) is 0 Å². The van der Waals surface area contributed by atoms with Gasteiger partial charge < -0.3 is 10.6 Å². The van der Waals surface area contributed by atoms with Gasteiger partial charge in [-0.15, -0.1) is 0 Å². The highest BCUT2D eigenvalue weighted by atomic mass is 16.1. The third-order valence-corrected chi connectivity index (χ3v) is 7.23. The van der Waals surface area contributed by atoms with Crippen molar-refractivity contribution in [1.29, 1.82) is 0 Å². The minimum Gasteiger partial charge on any atom is -0.367 e. The van der Waals surface area contributed by atoms with Crippen LogP contribution in [0.25, 0.3) is 10.8 Å². The van der Waals surface area contributed by atoms with E-state index in [9.17, 15) is 4.79 Å². The number of hydrogen-bond donors (Lipinski definition) is 2. The third kappa shape index (κ3) is 5.14. The molecule has 2 saturated carbocycles. The standard InChI is InChI=1S/C26H37N3O/c1-26(2,3)21-11-13-23(14-12-21)28-24-16-20-15-18(9-10-19(20)17-27-24)25(30)29-22-7-5-4-6-8-22/h9-10,15-17,21-23H,4-8,11-14H2,1-3H3,(H,27,28)(H,29,30)/t21-,23-. The molecule has 1 amide bonds. The van der Waals surface area contributed by atoms with E-state index in [0.29, 0.717) is 17.5 Å². The molecule has 1 aromatic carbocycles. The average molecular weight is 408 g/mol. The number of amides is 1. The molecular weight excluding hydrogens is 370 g/mol. The number of fused-ring (bicyclic) bond motifs is 1.